The zero-order chi connectivity index (χ0) is 24.5. The van der Waals surface area contributed by atoms with Crippen molar-refractivity contribution >= 4 is 28.4 Å². The van der Waals surface area contributed by atoms with Crippen molar-refractivity contribution in [2.24, 2.45) is 5.92 Å². The number of hydrogen-bond donors (Lipinski definition) is 2. The molecule has 5 rings (SSSR count). The first-order valence-electron chi connectivity index (χ1n) is 11.8. The van der Waals surface area contributed by atoms with Crippen molar-refractivity contribution < 1.29 is 14.3 Å². The molecule has 0 atom stereocenters. The molecule has 35 heavy (non-hydrogen) atoms. The van der Waals surface area contributed by atoms with Gasteiger partial charge in [0.25, 0.3) is 0 Å². The monoisotopic (exact) mass is 471 g/mol. The maximum Gasteiger partial charge on any atom is 0.411 e. The maximum atomic E-state index is 12.1. The molecule has 2 aromatic heterocycles. The lowest BCUT2D eigenvalue weighted by Crippen LogP contribution is -2.18. The Kier molecular flexibility index (Phi) is 6.03. The molecule has 1 fully saturated rings. The highest BCUT2D eigenvalue weighted by molar-refractivity contribution is 6.01. The molecule has 0 saturated heterocycles. The lowest BCUT2D eigenvalue weighted by atomic mass is 10.1. The highest BCUT2D eigenvalue weighted by Crippen LogP contribution is 2.42. The summed E-state index contributed by atoms with van der Waals surface area (Å²) in [7, 11) is 0. The molecule has 0 bridgehead atoms. The average Bonchev–Trinajstić information content (AvgIpc) is 3.60. The Bertz CT molecular complexity index is 1380. The fourth-order valence-corrected chi connectivity index (χ4v) is 4.23. The number of anilines is 2. The molecule has 4 aromatic rings. The third kappa shape index (κ3) is 4.91. The average molecular weight is 472 g/mol. The first-order valence-corrected chi connectivity index (χ1v) is 11.8. The second-order valence-electron chi connectivity index (χ2n) is 9.24. The van der Waals surface area contributed by atoms with Gasteiger partial charge in [0, 0.05) is 41.6 Å². The number of fused-ring (bicyclic) bond motifs is 1. The van der Waals surface area contributed by atoms with Crippen molar-refractivity contribution in [2.75, 3.05) is 11.1 Å². The summed E-state index contributed by atoms with van der Waals surface area (Å²) >= 11 is 0. The molecule has 0 radical (unpaired) electrons. The number of rotatable bonds is 7. The number of hydrogen-bond acceptors (Lipinski definition) is 6. The van der Waals surface area contributed by atoms with Crippen molar-refractivity contribution in [1.82, 2.24) is 14.5 Å². The third-order valence-electron chi connectivity index (χ3n) is 6.04. The van der Waals surface area contributed by atoms with Gasteiger partial charge in [0.2, 0.25) is 0 Å². The number of benzene rings is 2. The van der Waals surface area contributed by atoms with Gasteiger partial charge in [-0.15, -0.1) is 0 Å². The highest BCUT2D eigenvalue weighted by Gasteiger charge is 2.26. The third-order valence-corrected chi connectivity index (χ3v) is 6.04. The number of nitrogen functional groups attached to an aromatic ring is 1. The van der Waals surface area contributed by atoms with E-state index in [1.54, 1.807) is 18.5 Å². The highest BCUT2D eigenvalue weighted by atomic mass is 16.6. The predicted molar refractivity (Wildman–Crippen MR) is 137 cm³/mol. The van der Waals surface area contributed by atoms with Crippen LogP contribution in [0.2, 0.25) is 0 Å². The van der Waals surface area contributed by atoms with Crippen LogP contribution in [-0.2, 0) is 11.3 Å². The van der Waals surface area contributed by atoms with Gasteiger partial charge in [0.05, 0.1) is 23.0 Å². The zero-order valence-corrected chi connectivity index (χ0v) is 20.1. The van der Waals surface area contributed by atoms with Crippen LogP contribution in [0.1, 0.15) is 32.3 Å². The van der Waals surface area contributed by atoms with Crippen LogP contribution in [0, 0.1) is 12.8 Å². The lowest BCUT2D eigenvalue weighted by molar-refractivity contribution is 0.130. The summed E-state index contributed by atoms with van der Waals surface area (Å²) in [5, 5.41) is 3.80. The molecule has 1 saturated carbocycles. The summed E-state index contributed by atoms with van der Waals surface area (Å²) in [5.41, 5.74) is 12.1. The molecule has 8 heteroatoms. The number of nitrogens with two attached hydrogens (primary N) is 1. The lowest BCUT2D eigenvalue weighted by Gasteiger charge is -2.15. The number of nitrogens with zero attached hydrogens (tertiary/aromatic N) is 3. The number of aromatic nitrogens is 3. The van der Waals surface area contributed by atoms with Gasteiger partial charge in [0.15, 0.2) is 0 Å². The SMILES string of the molecule is Cc1cc(-c2c(N)c3ccc(Oc4ncccn4)cc3n2CC2CC2)ccc1NC(=O)OC(C)C. The first-order chi connectivity index (χ1) is 16.9. The standard InChI is InChI=1S/C27H29N5O3/c1-16(2)34-27(33)31-22-10-7-19(13-17(22)3)25-24(28)21-9-8-20(35-26-29-11-4-12-30-26)14-23(21)32(25)15-18-5-6-18/h4,7-14,16,18H,5-6,15,28H2,1-3H3,(H,31,33). The van der Waals surface area contributed by atoms with E-state index < -0.39 is 6.09 Å². The van der Waals surface area contributed by atoms with Crippen LogP contribution in [-0.4, -0.2) is 26.7 Å². The molecular formula is C27H29N5O3. The molecule has 0 spiro atoms. The molecule has 1 aliphatic carbocycles. The van der Waals surface area contributed by atoms with E-state index in [9.17, 15) is 4.79 Å². The van der Waals surface area contributed by atoms with Crippen LogP contribution < -0.4 is 15.8 Å². The van der Waals surface area contributed by atoms with E-state index in [0.29, 0.717) is 23.4 Å². The molecule has 8 nitrogen and oxygen atoms in total. The van der Waals surface area contributed by atoms with E-state index in [4.69, 9.17) is 15.2 Å². The molecule has 1 amide bonds. The molecule has 2 heterocycles. The van der Waals surface area contributed by atoms with Gasteiger partial charge >= 0.3 is 12.1 Å². The van der Waals surface area contributed by atoms with Crippen molar-refractivity contribution in [3.63, 3.8) is 0 Å². The Hall–Kier alpha value is -4.07. The van der Waals surface area contributed by atoms with Crippen molar-refractivity contribution in [1.29, 1.82) is 0 Å². The Morgan fingerprint density at radius 2 is 1.94 bits per heavy atom. The van der Waals surface area contributed by atoms with Gasteiger partial charge in [-0.3, -0.25) is 5.32 Å². The number of carbonyl (C=O) groups excluding carboxylic acids is 1. The fraction of sp³-hybridized carbons (Fsp3) is 0.296. The number of aryl methyl sites for hydroxylation is 1. The summed E-state index contributed by atoms with van der Waals surface area (Å²) in [4.78, 5) is 20.4. The van der Waals surface area contributed by atoms with E-state index in [0.717, 1.165) is 40.0 Å². The Labute approximate surface area is 204 Å². The number of carbonyl (C=O) groups is 1. The van der Waals surface area contributed by atoms with Gasteiger partial charge in [-0.1, -0.05) is 6.07 Å². The minimum Gasteiger partial charge on any atom is -0.447 e. The Morgan fingerprint density at radius 3 is 2.63 bits per heavy atom. The second-order valence-corrected chi connectivity index (χ2v) is 9.24. The van der Waals surface area contributed by atoms with Gasteiger partial charge in [-0.2, -0.15) is 0 Å². The van der Waals surface area contributed by atoms with E-state index in [1.807, 2.05) is 57.2 Å². The summed E-state index contributed by atoms with van der Waals surface area (Å²) in [6, 6.07) is 13.9. The topological polar surface area (TPSA) is 104 Å². The molecule has 180 valence electrons. The molecule has 2 aromatic carbocycles. The summed E-state index contributed by atoms with van der Waals surface area (Å²) in [6.07, 6.45) is 5.08. The molecule has 3 N–H and O–H groups in total. The summed E-state index contributed by atoms with van der Waals surface area (Å²) in [5.74, 6) is 1.29. The summed E-state index contributed by atoms with van der Waals surface area (Å²) < 4.78 is 13.4. The quantitative estimate of drug-likeness (QED) is 0.335. The van der Waals surface area contributed by atoms with E-state index in [-0.39, 0.29) is 6.10 Å². The minimum absolute atomic E-state index is 0.185. The zero-order valence-electron chi connectivity index (χ0n) is 20.1. The molecule has 1 aliphatic rings. The van der Waals surface area contributed by atoms with Gasteiger partial charge in [-0.25, -0.2) is 14.8 Å². The van der Waals surface area contributed by atoms with E-state index >= 15 is 0 Å². The van der Waals surface area contributed by atoms with Crippen LogP contribution in [0.5, 0.6) is 11.8 Å². The smallest absolute Gasteiger partial charge is 0.411 e. The molecular weight excluding hydrogens is 442 g/mol. The number of ether oxygens (including phenoxy) is 2. The minimum atomic E-state index is -0.465. The Balaban J connectivity index is 1.53. The molecule has 0 aliphatic heterocycles. The second kappa shape index (κ2) is 9.29. The Morgan fingerprint density at radius 1 is 1.17 bits per heavy atom. The first kappa shape index (κ1) is 22.7. The van der Waals surface area contributed by atoms with Crippen LogP contribution in [0.25, 0.3) is 22.2 Å². The van der Waals surface area contributed by atoms with Crippen LogP contribution in [0.4, 0.5) is 16.2 Å². The largest absolute Gasteiger partial charge is 0.447 e. The van der Waals surface area contributed by atoms with Crippen molar-refractivity contribution in [3.8, 4) is 23.0 Å². The number of amides is 1. The van der Waals surface area contributed by atoms with Crippen LogP contribution in [0.3, 0.4) is 0 Å². The maximum absolute atomic E-state index is 12.1. The number of nitrogens with one attached hydrogen (secondary N) is 1. The van der Waals surface area contributed by atoms with E-state index in [2.05, 4.69) is 19.9 Å². The van der Waals surface area contributed by atoms with Crippen LogP contribution in [0.15, 0.2) is 54.9 Å². The van der Waals surface area contributed by atoms with Crippen LogP contribution >= 0.6 is 0 Å². The molecule has 0 unspecified atom stereocenters. The summed E-state index contributed by atoms with van der Waals surface area (Å²) in [6.45, 7) is 6.49. The fourth-order valence-electron chi connectivity index (χ4n) is 4.23. The van der Waals surface area contributed by atoms with Gasteiger partial charge in [-0.05, 0) is 75.4 Å². The van der Waals surface area contributed by atoms with Gasteiger partial charge in [0.1, 0.15) is 5.75 Å². The normalized spacial score (nSPS) is 13.3. The van der Waals surface area contributed by atoms with Gasteiger partial charge < -0.3 is 19.8 Å². The van der Waals surface area contributed by atoms with E-state index in [1.165, 1.54) is 12.8 Å². The predicted octanol–water partition coefficient (Wildman–Crippen LogP) is 6.15. The van der Waals surface area contributed by atoms with Crippen molar-refractivity contribution in [2.45, 2.75) is 46.3 Å². The van der Waals surface area contributed by atoms with Crippen molar-refractivity contribution in [3.05, 3.63) is 60.4 Å².